The molecule has 0 fully saturated rings. The third-order valence-corrected chi connectivity index (χ3v) is 3.39. The molecule has 0 amide bonds. The highest BCUT2D eigenvalue weighted by atomic mass is 31.1. The van der Waals surface area contributed by atoms with E-state index in [2.05, 4.69) is 4.74 Å². The fourth-order valence-electron chi connectivity index (χ4n) is 0.783. The van der Waals surface area contributed by atoms with Crippen LogP contribution in [0.3, 0.4) is 0 Å². The van der Waals surface area contributed by atoms with Crippen molar-refractivity contribution in [1.29, 1.82) is 0 Å². The molecule has 0 aliphatic carbocycles. The van der Waals surface area contributed by atoms with E-state index in [0.29, 0.717) is 6.42 Å². The van der Waals surface area contributed by atoms with Crippen LogP contribution in [-0.2, 0) is 14.1 Å². The molecule has 0 aromatic heterocycles. The van der Waals surface area contributed by atoms with Crippen molar-refractivity contribution in [3.05, 3.63) is 0 Å². The quantitative estimate of drug-likeness (QED) is 0.641. The smallest absolute Gasteiger partial charge is 0.313 e. The molecular formula is C6H13O4P. The minimum absolute atomic E-state index is 0.0650. The Labute approximate surface area is 66.3 Å². The van der Waals surface area contributed by atoms with Crippen LogP contribution in [0.4, 0.5) is 0 Å². The number of rotatable bonds is 5. The molecule has 0 radical (unpaired) electrons. The van der Waals surface area contributed by atoms with Gasteiger partial charge in [-0.1, -0.05) is 6.92 Å². The van der Waals surface area contributed by atoms with E-state index in [9.17, 15) is 9.36 Å². The van der Waals surface area contributed by atoms with E-state index in [0.717, 1.165) is 0 Å². The summed E-state index contributed by atoms with van der Waals surface area (Å²) in [7, 11) is -0.687. The van der Waals surface area contributed by atoms with Crippen LogP contribution in [-0.4, -0.2) is 30.2 Å². The van der Waals surface area contributed by atoms with Crippen LogP contribution in [0.2, 0.25) is 0 Å². The van der Waals surface area contributed by atoms with Crippen molar-refractivity contribution in [2.24, 2.45) is 0 Å². The lowest BCUT2D eigenvalue weighted by molar-refractivity contribution is -0.136. The van der Waals surface area contributed by atoms with Gasteiger partial charge in [-0.05, 0) is 6.42 Å². The van der Waals surface area contributed by atoms with E-state index in [1.54, 1.807) is 6.92 Å². The lowest BCUT2D eigenvalue weighted by Crippen LogP contribution is -2.15. The summed E-state index contributed by atoms with van der Waals surface area (Å²) in [5.74, 6) is -0.992. The SMILES string of the molecule is CCC(C(=O)O)[PH](=O)COC. The molecule has 0 aliphatic heterocycles. The predicted molar refractivity (Wildman–Crippen MR) is 42.6 cm³/mol. The Hall–Kier alpha value is -0.340. The predicted octanol–water partition coefficient (Wildman–Crippen LogP) is 1.01. The van der Waals surface area contributed by atoms with Gasteiger partial charge in [-0.15, -0.1) is 0 Å². The number of hydrogen-bond acceptors (Lipinski definition) is 3. The van der Waals surface area contributed by atoms with Gasteiger partial charge in [0.2, 0.25) is 0 Å². The van der Waals surface area contributed by atoms with Gasteiger partial charge in [-0.3, -0.25) is 4.79 Å². The molecule has 0 aliphatic rings. The topological polar surface area (TPSA) is 63.6 Å². The third-order valence-electron chi connectivity index (χ3n) is 1.38. The largest absolute Gasteiger partial charge is 0.481 e. The average Bonchev–Trinajstić information content (AvgIpc) is 1.88. The van der Waals surface area contributed by atoms with E-state index in [1.165, 1.54) is 7.11 Å². The summed E-state index contributed by atoms with van der Waals surface area (Å²) in [5.41, 5.74) is -0.722. The Morgan fingerprint density at radius 1 is 1.73 bits per heavy atom. The first-order valence-electron chi connectivity index (χ1n) is 3.38. The molecule has 4 nitrogen and oxygen atoms in total. The van der Waals surface area contributed by atoms with Crippen LogP contribution in [0.1, 0.15) is 13.3 Å². The standard InChI is InChI=1S/C6H13O4P/c1-3-5(6(7)8)11(9)4-10-2/h5,11H,3-4H2,1-2H3,(H,7,8). The maximum atomic E-state index is 11.1. The van der Waals surface area contributed by atoms with E-state index in [1.807, 2.05) is 0 Å². The minimum Gasteiger partial charge on any atom is -0.481 e. The van der Waals surface area contributed by atoms with Gasteiger partial charge >= 0.3 is 5.97 Å². The van der Waals surface area contributed by atoms with Gasteiger partial charge in [0.05, 0.1) is 6.35 Å². The molecule has 11 heavy (non-hydrogen) atoms. The summed E-state index contributed by atoms with van der Waals surface area (Å²) in [6, 6.07) is 0. The molecule has 0 rings (SSSR count). The summed E-state index contributed by atoms with van der Waals surface area (Å²) in [6.45, 7) is 1.71. The van der Waals surface area contributed by atoms with Gasteiger partial charge in [-0.25, -0.2) is 0 Å². The zero-order chi connectivity index (χ0) is 8.85. The van der Waals surface area contributed by atoms with Gasteiger partial charge in [0.1, 0.15) is 13.5 Å². The highest BCUT2D eigenvalue weighted by Gasteiger charge is 2.21. The summed E-state index contributed by atoms with van der Waals surface area (Å²) in [6.07, 6.45) is 0.464. The van der Waals surface area contributed by atoms with Gasteiger partial charge in [-0.2, -0.15) is 0 Å². The molecule has 0 saturated carbocycles. The van der Waals surface area contributed by atoms with Crippen molar-refractivity contribution in [3.8, 4) is 0 Å². The maximum absolute atomic E-state index is 11.1. The van der Waals surface area contributed by atoms with Crippen molar-refractivity contribution in [2.75, 3.05) is 13.5 Å². The van der Waals surface area contributed by atoms with Crippen LogP contribution < -0.4 is 0 Å². The van der Waals surface area contributed by atoms with Gasteiger partial charge in [0.15, 0.2) is 0 Å². The minimum atomic E-state index is -2.10. The maximum Gasteiger partial charge on any atom is 0.313 e. The number of methoxy groups -OCH3 is 1. The first-order chi connectivity index (χ1) is 5.13. The lowest BCUT2D eigenvalue weighted by atomic mass is 10.3. The molecule has 0 spiro atoms. The number of aliphatic carboxylic acids is 1. The summed E-state index contributed by atoms with van der Waals surface area (Å²) in [4.78, 5) is 10.4. The van der Waals surface area contributed by atoms with Crippen molar-refractivity contribution in [1.82, 2.24) is 0 Å². The summed E-state index contributed by atoms with van der Waals surface area (Å²) < 4.78 is 15.7. The second kappa shape index (κ2) is 5.33. The van der Waals surface area contributed by atoms with Crippen molar-refractivity contribution >= 4 is 13.8 Å². The van der Waals surface area contributed by atoms with E-state index in [4.69, 9.17) is 5.11 Å². The van der Waals surface area contributed by atoms with Crippen LogP contribution in [0.5, 0.6) is 0 Å². The van der Waals surface area contributed by atoms with Crippen molar-refractivity contribution < 1.29 is 19.2 Å². The zero-order valence-electron chi connectivity index (χ0n) is 6.66. The van der Waals surface area contributed by atoms with Gasteiger partial charge in [0, 0.05) is 7.11 Å². The highest BCUT2D eigenvalue weighted by molar-refractivity contribution is 7.46. The Morgan fingerprint density at radius 2 is 2.27 bits per heavy atom. The van der Waals surface area contributed by atoms with Crippen LogP contribution in [0, 0.1) is 0 Å². The van der Waals surface area contributed by atoms with Crippen LogP contribution in [0.25, 0.3) is 0 Å². The number of ether oxygens (including phenoxy) is 1. The van der Waals surface area contributed by atoms with Gasteiger partial charge < -0.3 is 14.4 Å². The molecule has 0 bridgehead atoms. The normalized spacial score (nSPS) is 15.8. The second-order valence-corrected chi connectivity index (χ2v) is 4.12. The van der Waals surface area contributed by atoms with Crippen molar-refractivity contribution in [3.63, 3.8) is 0 Å². The first kappa shape index (κ1) is 10.7. The molecule has 0 saturated heterocycles. The van der Waals surface area contributed by atoms with Crippen molar-refractivity contribution in [2.45, 2.75) is 19.0 Å². The Balaban J connectivity index is 4.03. The first-order valence-corrected chi connectivity index (χ1v) is 5.07. The molecule has 0 aromatic carbocycles. The monoisotopic (exact) mass is 180 g/mol. The Morgan fingerprint density at radius 3 is 2.55 bits per heavy atom. The Bertz CT molecular complexity index is 157. The second-order valence-electron chi connectivity index (χ2n) is 2.20. The zero-order valence-corrected chi connectivity index (χ0v) is 7.66. The molecule has 66 valence electrons. The van der Waals surface area contributed by atoms with E-state index >= 15 is 0 Å². The molecule has 0 aromatic rings. The molecule has 0 heterocycles. The Kier molecular flexibility index (Phi) is 5.16. The fourth-order valence-corrected chi connectivity index (χ4v) is 2.00. The fraction of sp³-hybridized carbons (Fsp3) is 0.833. The third kappa shape index (κ3) is 3.54. The number of carboxylic acid groups (broad SMARTS) is 1. The molecule has 2 atom stereocenters. The van der Waals surface area contributed by atoms with Crippen LogP contribution in [0.15, 0.2) is 0 Å². The highest BCUT2D eigenvalue weighted by Crippen LogP contribution is 2.29. The number of carbonyl (C=O) groups is 1. The van der Waals surface area contributed by atoms with Gasteiger partial charge in [0.25, 0.3) is 0 Å². The summed E-state index contributed by atoms with van der Waals surface area (Å²) in [5, 5.41) is 8.54. The van der Waals surface area contributed by atoms with E-state index in [-0.39, 0.29) is 6.35 Å². The molecule has 2 unspecified atom stereocenters. The number of hydrogen-bond donors (Lipinski definition) is 1. The molecule has 1 N–H and O–H groups in total. The molecule has 5 heteroatoms. The summed E-state index contributed by atoms with van der Waals surface area (Å²) >= 11 is 0. The lowest BCUT2D eigenvalue weighted by Gasteiger charge is -2.07. The van der Waals surface area contributed by atoms with E-state index < -0.39 is 19.4 Å². The van der Waals surface area contributed by atoms with Crippen LogP contribution >= 0.6 is 7.80 Å². The molecular weight excluding hydrogens is 167 g/mol. The number of carboxylic acids is 1. The average molecular weight is 180 g/mol.